The second kappa shape index (κ2) is 6.87. The summed E-state index contributed by atoms with van der Waals surface area (Å²) in [5.74, 6) is -0.330. The summed E-state index contributed by atoms with van der Waals surface area (Å²) < 4.78 is 0. The molecule has 2 aromatic carbocycles. The van der Waals surface area contributed by atoms with Crippen molar-refractivity contribution >= 4 is 23.2 Å². The fourth-order valence-electron chi connectivity index (χ4n) is 3.06. The second-order valence-corrected chi connectivity index (χ2v) is 6.00. The van der Waals surface area contributed by atoms with Gasteiger partial charge in [0.05, 0.1) is 12.1 Å². The molecule has 1 N–H and O–H groups in total. The Kier molecular flexibility index (Phi) is 4.65. The molecule has 1 aliphatic heterocycles. The molecule has 4 heteroatoms. The molecule has 0 unspecified atom stereocenters. The van der Waals surface area contributed by atoms with Crippen molar-refractivity contribution in [1.29, 1.82) is 0 Å². The van der Waals surface area contributed by atoms with Crippen LogP contribution in [0.3, 0.4) is 0 Å². The van der Waals surface area contributed by atoms with Gasteiger partial charge in [0.15, 0.2) is 0 Å². The maximum atomic E-state index is 12.8. The first-order chi connectivity index (χ1) is 11.6. The van der Waals surface area contributed by atoms with E-state index in [-0.39, 0.29) is 18.2 Å². The molecule has 0 radical (unpaired) electrons. The Bertz CT molecular complexity index is 752. The van der Waals surface area contributed by atoms with Crippen LogP contribution in [0.25, 0.3) is 0 Å². The summed E-state index contributed by atoms with van der Waals surface area (Å²) in [6.07, 6.45) is 1.94. The fraction of sp³-hybridized carbons (Fsp3) is 0.300. The zero-order valence-electron chi connectivity index (χ0n) is 14.1. The number of nitrogens with zero attached hydrogens (tertiary/aromatic N) is 1. The number of amides is 2. The van der Waals surface area contributed by atoms with E-state index in [2.05, 4.69) is 12.2 Å². The van der Waals surface area contributed by atoms with Gasteiger partial charge < -0.3 is 5.32 Å². The van der Waals surface area contributed by atoms with Gasteiger partial charge in [0.2, 0.25) is 5.91 Å². The highest BCUT2D eigenvalue weighted by molar-refractivity contribution is 6.23. The summed E-state index contributed by atoms with van der Waals surface area (Å²) in [6, 6.07) is 15.1. The molecule has 0 spiro atoms. The average molecular weight is 322 g/mol. The minimum Gasteiger partial charge on any atom is -0.373 e. The van der Waals surface area contributed by atoms with E-state index in [1.54, 1.807) is 0 Å². The number of imide groups is 1. The molecule has 1 fully saturated rings. The summed E-state index contributed by atoms with van der Waals surface area (Å²) >= 11 is 0. The zero-order valence-corrected chi connectivity index (χ0v) is 14.1. The van der Waals surface area contributed by atoms with Crippen LogP contribution in [0.1, 0.15) is 31.4 Å². The van der Waals surface area contributed by atoms with Crippen molar-refractivity contribution in [1.82, 2.24) is 0 Å². The lowest BCUT2D eigenvalue weighted by molar-refractivity contribution is -0.121. The maximum absolute atomic E-state index is 12.8. The molecular weight excluding hydrogens is 300 g/mol. The summed E-state index contributed by atoms with van der Waals surface area (Å²) in [6.45, 7) is 4.12. The van der Waals surface area contributed by atoms with E-state index in [1.807, 2.05) is 55.5 Å². The third kappa shape index (κ3) is 3.04. The lowest BCUT2D eigenvalue weighted by Crippen LogP contribution is -2.35. The molecule has 1 heterocycles. The number of hydrogen-bond acceptors (Lipinski definition) is 3. The topological polar surface area (TPSA) is 49.4 Å². The van der Waals surface area contributed by atoms with Crippen LogP contribution in [0.4, 0.5) is 11.4 Å². The van der Waals surface area contributed by atoms with Crippen molar-refractivity contribution in [2.45, 2.75) is 39.2 Å². The summed E-state index contributed by atoms with van der Waals surface area (Å²) in [7, 11) is 0. The number of para-hydroxylation sites is 1. The molecule has 1 saturated heterocycles. The molecule has 4 nitrogen and oxygen atoms in total. The van der Waals surface area contributed by atoms with E-state index in [9.17, 15) is 9.59 Å². The highest BCUT2D eigenvalue weighted by Crippen LogP contribution is 2.28. The van der Waals surface area contributed by atoms with Crippen LogP contribution in [0.2, 0.25) is 0 Å². The van der Waals surface area contributed by atoms with E-state index in [0.29, 0.717) is 5.69 Å². The Hall–Kier alpha value is -2.62. The monoisotopic (exact) mass is 322 g/mol. The first-order valence-corrected chi connectivity index (χ1v) is 8.44. The molecular formula is C20H22N2O2. The molecule has 0 aliphatic carbocycles. The Morgan fingerprint density at radius 3 is 2.38 bits per heavy atom. The van der Waals surface area contributed by atoms with Crippen molar-refractivity contribution in [3.05, 3.63) is 59.7 Å². The van der Waals surface area contributed by atoms with Gasteiger partial charge in [-0.15, -0.1) is 0 Å². The highest BCUT2D eigenvalue weighted by atomic mass is 16.2. The van der Waals surface area contributed by atoms with Crippen LogP contribution >= 0.6 is 0 Å². The Balaban J connectivity index is 1.81. The Morgan fingerprint density at radius 2 is 1.71 bits per heavy atom. The van der Waals surface area contributed by atoms with Crippen molar-refractivity contribution in [3.63, 3.8) is 0 Å². The number of nitrogens with one attached hydrogen (secondary N) is 1. The van der Waals surface area contributed by atoms with Crippen molar-refractivity contribution < 1.29 is 9.59 Å². The molecule has 2 aromatic rings. The number of rotatable bonds is 5. The predicted molar refractivity (Wildman–Crippen MR) is 96.2 cm³/mol. The predicted octanol–water partition coefficient (Wildman–Crippen LogP) is 3.56. The van der Waals surface area contributed by atoms with Crippen LogP contribution < -0.4 is 10.2 Å². The van der Waals surface area contributed by atoms with Crippen LogP contribution in [0.5, 0.6) is 0 Å². The average Bonchev–Trinajstić information content (AvgIpc) is 2.89. The van der Waals surface area contributed by atoms with Crippen LogP contribution in [-0.4, -0.2) is 17.9 Å². The molecule has 124 valence electrons. The van der Waals surface area contributed by atoms with Crippen LogP contribution in [0, 0.1) is 0 Å². The van der Waals surface area contributed by atoms with Gasteiger partial charge in [0, 0.05) is 5.69 Å². The van der Waals surface area contributed by atoms with Gasteiger partial charge in [-0.2, -0.15) is 0 Å². The van der Waals surface area contributed by atoms with E-state index in [1.165, 1.54) is 10.5 Å². The Morgan fingerprint density at radius 1 is 1.00 bits per heavy atom. The van der Waals surface area contributed by atoms with E-state index >= 15 is 0 Å². The van der Waals surface area contributed by atoms with Crippen molar-refractivity contribution in [2.75, 3.05) is 10.2 Å². The molecule has 1 aliphatic rings. The molecule has 24 heavy (non-hydrogen) atoms. The van der Waals surface area contributed by atoms with Crippen molar-refractivity contribution in [2.24, 2.45) is 0 Å². The molecule has 1 atom stereocenters. The van der Waals surface area contributed by atoms with Gasteiger partial charge >= 0.3 is 0 Å². The molecule has 2 amide bonds. The van der Waals surface area contributed by atoms with Crippen LogP contribution in [-0.2, 0) is 22.4 Å². The molecule has 3 rings (SSSR count). The number of aryl methyl sites for hydroxylation is 2. The maximum Gasteiger partial charge on any atom is 0.256 e. The van der Waals surface area contributed by atoms with Gasteiger partial charge in [0.1, 0.15) is 6.04 Å². The number of carbonyl (C=O) groups excluding carboxylic acids is 2. The highest BCUT2D eigenvalue weighted by Gasteiger charge is 2.40. The minimum atomic E-state index is -0.505. The first-order valence-electron chi connectivity index (χ1n) is 8.44. The first kappa shape index (κ1) is 16.2. The molecule has 0 aromatic heterocycles. The van der Waals surface area contributed by atoms with Gasteiger partial charge in [-0.3, -0.25) is 9.59 Å². The minimum absolute atomic E-state index is 0.149. The largest absolute Gasteiger partial charge is 0.373 e. The summed E-state index contributed by atoms with van der Waals surface area (Å²) in [5, 5.41) is 3.20. The van der Waals surface area contributed by atoms with Gasteiger partial charge in [-0.1, -0.05) is 44.2 Å². The van der Waals surface area contributed by atoms with Gasteiger partial charge in [0.25, 0.3) is 5.91 Å². The normalized spacial score (nSPS) is 17.4. The van der Waals surface area contributed by atoms with Crippen LogP contribution in [0.15, 0.2) is 48.5 Å². The number of hydrogen-bond donors (Lipinski definition) is 1. The SMILES string of the molecule is CCc1ccc(N[C@H]2CC(=O)N(c3ccccc3CC)C2=O)cc1. The fourth-order valence-corrected chi connectivity index (χ4v) is 3.06. The third-order valence-corrected chi connectivity index (χ3v) is 4.46. The Labute approximate surface area is 142 Å². The summed E-state index contributed by atoms with van der Waals surface area (Å²) in [4.78, 5) is 26.5. The lowest BCUT2D eigenvalue weighted by Gasteiger charge is -2.19. The van der Waals surface area contributed by atoms with E-state index < -0.39 is 6.04 Å². The van der Waals surface area contributed by atoms with Gasteiger partial charge in [-0.25, -0.2) is 4.90 Å². The summed E-state index contributed by atoms with van der Waals surface area (Å²) in [5.41, 5.74) is 3.82. The molecule has 0 saturated carbocycles. The lowest BCUT2D eigenvalue weighted by atomic mass is 10.1. The zero-order chi connectivity index (χ0) is 17.1. The van der Waals surface area contributed by atoms with E-state index in [4.69, 9.17) is 0 Å². The van der Waals surface area contributed by atoms with E-state index in [0.717, 1.165) is 24.1 Å². The van der Waals surface area contributed by atoms with Gasteiger partial charge in [-0.05, 0) is 42.2 Å². The smallest absolute Gasteiger partial charge is 0.256 e. The van der Waals surface area contributed by atoms with Crippen molar-refractivity contribution in [3.8, 4) is 0 Å². The number of benzene rings is 2. The molecule has 0 bridgehead atoms. The number of carbonyl (C=O) groups is 2. The standard InChI is InChI=1S/C20H22N2O2/c1-3-14-9-11-16(12-10-14)21-17-13-19(23)22(20(17)24)18-8-6-5-7-15(18)4-2/h5-12,17,21H,3-4,13H2,1-2H3/t17-/m0/s1. The quantitative estimate of drug-likeness (QED) is 0.856. The second-order valence-electron chi connectivity index (χ2n) is 6.00. The third-order valence-electron chi connectivity index (χ3n) is 4.46. The number of anilines is 2.